The predicted octanol–water partition coefficient (Wildman–Crippen LogP) is 3.16. The van der Waals surface area contributed by atoms with Gasteiger partial charge in [-0.25, -0.2) is 18.3 Å². The number of pyridine rings is 2. The van der Waals surface area contributed by atoms with Gasteiger partial charge in [-0.05, 0) is 25.8 Å². The Morgan fingerprint density at radius 3 is 2.90 bits per heavy atom. The zero-order valence-electron chi connectivity index (χ0n) is 16.5. The normalized spacial score (nSPS) is 23.5. The molecule has 0 aromatic carbocycles. The fourth-order valence-corrected chi connectivity index (χ4v) is 4.50. The standard InChI is InChI=1S/C21H22F2N6O/c1-10-16-17(21(30)26-10)19(12-9-25-29-7-6-11(22)8-15(12)29)28-20(18(16)23)27-14-5-3-2-4-13(14)24/h6-10,13-14H,2-5,24H2,1H3,(H,26,30)(H,27,28)/t10-,13+,14-/m1/s1. The fourth-order valence-electron chi connectivity index (χ4n) is 4.50. The third kappa shape index (κ3) is 2.92. The van der Waals surface area contributed by atoms with Crippen molar-refractivity contribution in [3.63, 3.8) is 0 Å². The minimum absolute atomic E-state index is 0.0604. The highest BCUT2D eigenvalue weighted by Gasteiger charge is 2.36. The van der Waals surface area contributed by atoms with Crippen molar-refractivity contribution in [2.75, 3.05) is 5.32 Å². The lowest BCUT2D eigenvalue weighted by atomic mass is 9.91. The minimum Gasteiger partial charge on any atom is -0.363 e. The quantitative estimate of drug-likeness (QED) is 0.614. The fraction of sp³-hybridized carbons (Fsp3) is 0.381. The highest BCUT2D eigenvalue weighted by Crippen LogP contribution is 2.39. The van der Waals surface area contributed by atoms with Crippen molar-refractivity contribution in [2.45, 2.75) is 50.7 Å². The summed E-state index contributed by atoms with van der Waals surface area (Å²) in [5.41, 5.74) is 7.84. The minimum atomic E-state index is -0.556. The Balaban J connectivity index is 1.70. The molecule has 1 fully saturated rings. The molecule has 2 aliphatic rings. The van der Waals surface area contributed by atoms with Crippen LogP contribution in [0.3, 0.4) is 0 Å². The third-order valence-corrected chi connectivity index (χ3v) is 6.06. The van der Waals surface area contributed by atoms with E-state index < -0.39 is 23.6 Å². The smallest absolute Gasteiger partial charge is 0.254 e. The molecule has 4 N–H and O–H groups in total. The van der Waals surface area contributed by atoms with Gasteiger partial charge in [-0.2, -0.15) is 5.10 Å². The van der Waals surface area contributed by atoms with Gasteiger partial charge in [0.15, 0.2) is 11.6 Å². The van der Waals surface area contributed by atoms with Crippen LogP contribution in [-0.2, 0) is 0 Å². The lowest BCUT2D eigenvalue weighted by Crippen LogP contribution is -2.43. The predicted molar refractivity (Wildman–Crippen MR) is 108 cm³/mol. The molecule has 0 unspecified atom stereocenters. The van der Waals surface area contributed by atoms with Crippen LogP contribution >= 0.6 is 0 Å². The molecule has 1 aliphatic heterocycles. The number of hydrogen-bond donors (Lipinski definition) is 3. The number of anilines is 1. The second kappa shape index (κ2) is 7.02. The SMILES string of the molecule is C[C@H]1NC(=O)c2c(-c3cnn4ccc(F)cc34)nc(N[C@@H]3CCCC[C@@H]3N)c(F)c21. The number of fused-ring (bicyclic) bond motifs is 2. The van der Waals surface area contributed by atoms with E-state index in [1.165, 1.54) is 29.0 Å². The summed E-state index contributed by atoms with van der Waals surface area (Å²) >= 11 is 0. The lowest BCUT2D eigenvalue weighted by molar-refractivity contribution is 0.0959. The van der Waals surface area contributed by atoms with Gasteiger partial charge < -0.3 is 16.4 Å². The van der Waals surface area contributed by atoms with E-state index in [0.29, 0.717) is 11.1 Å². The third-order valence-electron chi connectivity index (χ3n) is 6.06. The number of carbonyl (C=O) groups excluding carboxylic acids is 1. The van der Waals surface area contributed by atoms with Crippen LogP contribution in [0.5, 0.6) is 0 Å². The molecular formula is C21H22F2N6O. The van der Waals surface area contributed by atoms with Gasteiger partial charge in [0.05, 0.1) is 29.0 Å². The van der Waals surface area contributed by atoms with Crippen molar-refractivity contribution < 1.29 is 13.6 Å². The van der Waals surface area contributed by atoms with Crippen molar-refractivity contribution in [2.24, 2.45) is 5.73 Å². The second-order valence-corrected chi connectivity index (χ2v) is 8.04. The number of nitrogens with zero attached hydrogens (tertiary/aromatic N) is 3. The van der Waals surface area contributed by atoms with E-state index in [0.717, 1.165) is 25.7 Å². The van der Waals surface area contributed by atoms with Gasteiger partial charge >= 0.3 is 0 Å². The number of hydrogen-bond acceptors (Lipinski definition) is 5. The Labute approximate surface area is 171 Å². The first-order chi connectivity index (χ1) is 14.4. The molecule has 0 radical (unpaired) electrons. The van der Waals surface area contributed by atoms with Crippen molar-refractivity contribution >= 4 is 17.2 Å². The van der Waals surface area contributed by atoms with Crippen LogP contribution in [0.25, 0.3) is 16.8 Å². The Morgan fingerprint density at radius 1 is 1.30 bits per heavy atom. The van der Waals surface area contributed by atoms with Crippen LogP contribution in [0.1, 0.15) is 54.6 Å². The van der Waals surface area contributed by atoms with Gasteiger partial charge in [-0.3, -0.25) is 4.79 Å². The largest absolute Gasteiger partial charge is 0.363 e. The molecule has 3 aromatic rings. The topological polar surface area (TPSA) is 97.3 Å². The highest BCUT2D eigenvalue weighted by molar-refractivity contribution is 6.06. The average molecular weight is 412 g/mol. The number of carbonyl (C=O) groups is 1. The first-order valence-electron chi connectivity index (χ1n) is 10.1. The molecule has 30 heavy (non-hydrogen) atoms. The van der Waals surface area contributed by atoms with E-state index in [2.05, 4.69) is 20.7 Å². The summed E-state index contributed by atoms with van der Waals surface area (Å²) in [5.74, 6) is -1.34. The van der Waals surface area contributed by atoms with Crippen LogP contribution in [0.4, 0.5) is 14.6 Å². The van der Waals surface area contributed by atoms with Crippen LogP contribution in [0, 0.1) is 11.6 Å². The molecule has 1 amide bonds. The van der Waals surface area contributed by atoms with E-state index >= 15 is 4.39 Å². The van der Waals surface area contributed by atoms with Gasteiger partial charge in [-0.1, -0.05) is 12.8 Å². The first kappa shape index (κ1) is 18.9. The zero-order valence-corrected chi connectivity index (χ0v) is 16.5. The molecule has 0 saturated heterocycles. The molecule has 1 aliphatic carbocycles. The summed E-state index contributed by atoms with van der Waals surface area (Å²) in [5, 5.41) is 10.2. The molecule has 3 atom stereocenters. The average Bonchev–Trinajstić information content (AvgIpc) is 3.26. The Hall–Kier alpha value is -3.07. The van der Waals surface area contributed by atoms with Gasteiger partial charge in [-0.15, -0.1) is 0 Å². The van der Waals surface area contributed by atoms with Crippen molar-refractivity contribution in [1.82, 2.24) is 19.9 Å². The lowest BCUT2D eigenvalue weighted by Gasteiger charge is -2.30. The molecule has 156 valence electrons. The molecule has 5 rings (SSSR count). The molecular weight excluding hydrogens is 390 g/mol. The molecule has 4 heterocycles. The van der Waals surface area contributed by atoms with Gasteiger partial charge in [0.25, 0.3) is 5.91 Å². The Kier molecular flexibility index (Phi) is 4.43. The Bertz CT molecular complexity index is 1160. The van der Waals surface area contributed by atoms with E-state index in [1.54, 1.807) is 6.92 Å². The van der Waals surface area contributed by atoms with E-state index in [-0.39, 0.29) is 34.7 Å². The monoisotopic (exact) mass is 412 g/mol. The van der Waals surface area contributed by atoms with E-state index in [1.807, 2.05) is 0 Å². The first-order valence-corrected chi connectivity index (χ1v) is 10.1. The van der Waals surface area contributed by atoms with Gasteiger partial charge in [0.1, 0.15) is 5.82 Å². The zero-order chi connectivity index (χ0) is 21.0. The maximum atomic E-state index is 15.4. The maximum absolute atomic E-state index is 15.4. The van der Waals surface area contributed by atoms with Gasteiger partial charge in [0, 0.05) is 35.5 Å². The van der Waals surface area contributed by atoms with Crippen LogP contribution in [0.15, 0.2) is 24.5 Å². The summed E-state index contributed by atoms with van der Waals surface area (Å²) in [4.78, 5) is 17.1. The maximum Gasteiger partial charge on any atom is 0.254 e. The van der Waals surface area contributed by atoms with Crippen molar-refractivity contribution in [3.05, 3.63) is 47.3 Å². The summed E-state index contributed by atoms with van der Waals surface area (Å²) in [7, 11) is 0. The number of amides is 1. The van der Waals surface area contributed by atoms with Crippen LogP contribution < -0.4 is 16.4 Å². The van der Waals surface area contributed by atoms with Crippen LogP contribution in [-0.4, -0.2) is 32.6 Å². The van der Waals surface area contributed by atoms with Gasteiger partial charge in [0.2, 0.25) is 0 Å². The molecule has 0 bridgehead atoms. The van der Waals surface area contributed by atoms with Crippen molar-refractivity contribution in [3.8, 4) is 11.3 Å². The second-order valence-electron chi connectivity index (χ2n) is 8.04. The molecule has 3 aromatic heterocycles. The molecule has 0 spiro atoms. The number of nitrogens with two attached hydrogens (primary N) is 1. The molecule has 9 heteroatoms. The summed E-state index contributed by atoms with van der Waals surface area (Å²) in [6.07, 6.45) is 6.75. The number of aromatic nitrogens is 3. The van der Waals surface area contributed by atoms with Crippen LogP contribution in [0.2, 0.25) is 0 Å². The number of rotatable bonds is 3. The number of nitrogens with one attached hydrogen (secondary N) is 2. The summed E-state index contributed by atoms with van der Waals surface area (Å²) < 4.78 is 30.8. The summed E-state index contributed by atoms with van der Waals surface area (Å²) in [6.45, 7) is 1.72. The molecule has 1 saturated carbocycles. The summed E-state index contributed by atoms with van der Waals surface area (Å²) in [6, 6.07) is 1.90. The number of halogens is 2. The van der Waals surface area contributed by atoms with Crippen molar-refractivity contribution in [1.29, 1.82) is 0 Å². The van der Waals surface area contributed by atoms with E-state index in [4.69, 9.17) is 5.73 Å². The Morgan fingerprint density at radius 2 is 2.10 bits per heavy atom. The van der Waals surface area contributed by atoms with E-state index in [9.17, 15) is 9.18 Å². The highest BCUT2D eigenvalue weighted by atomic mass is 19.1. The molecule has 7 nitrogen and oxygen atoms in total.